The average Bonchev–Trinajstić information content (AvgIpc) is 3.06. The first-order valence-electron chi connectivity index (χ1n) is 7.93. The molecule has 0 saturated carbocycles. The van der Waals surface area contributed by atoms with Gasteiger partial charge in [-0.3, -0.25) is 4.79 Å². The third-order valence-electron chi connectivity index (χ3n) is 3.43. The highest BCUT2D eigenvalue weighted by molar-refractivity contribution is 9.10. The first-order valence-corrected chi connectivity index (χ1v) is 9.60. The molecule has 0 aliphatic carbocycles. The molecule has 2 rings (SSSR count). The number of hydrogen-bond acceptors (Lipinski definition) is 8. The van der Waals surface area contributed by atoms with Crippen LogP contribution in [0.25, 0.3) is 0 Å². The number of Topliss-reactive ketones (excluding diaryl/α,β-unsaturated/α-hetero) is 1. The Morgan fingerprint density at radius 1 is 1.41 bits per heavy atom. The molecule has 0 unspecified atom stereocenters. The molecular weight excluding hydrogens is 436 g/mol. The summed E-state index contributed by atoms with van der Waals surface area (Å²) in [6.07, 6.45) is 0. The van der Waals surface area contributed by atoms with Crippen LogP contribution in [0.5, 0.6) is 11.5 Å². The molecule has 0 amide bonds. The van der Waals surface area contributed by atoms with Crippen LogP contribution >= 0.6 is 27.3 Å². The Hall–Kier alpha value is -2.44. The van der Waals surface area contributed by atoms with E-state index in [2.05, 4.69) is 20.9 Å². The van der Waals surface area contributed by atoms with E-state index in [1.54, 1.807) is 19.2 Å². The lowest BCUT2D eigenvalue weighted by Gasteiger charge is -2.13. The highest BCUT2D eigenvalue weighted by atomic mass is 79.9. The molecular formula is C18H17BrN2O5S. The molecule has 142 valence electrons. The minimum Gasteiger partial charge on any atom is -0.492 e. The van der Waals surface area contributed by atoms with E-state index < -0.39 is 24.3 Å². The molecule has 0 saturated heterocycles. The van der Waals surface area contributed by atoms with Gasteiger partial charge in [0, 0.05) is 11.1 Å². The summed E-state index contributed by atoms with van der Waals surface area (Å²) < 4.78 is 16.3. The molecule has 7 nitrogen and oxygen atoms in total. The molecule has 0 aliphatic heterocycles. The van der Waals surface area contributed by atoms with Crippen molar-refractivity contribution in [2.45, 2.75) is 19.8 Å². The number of halogens is 1. The van der Waals surface area contributed by atoms with Crippen LogP contribution in [-0.2, 0) is 9.53 Å². The van der Waals surface area contributed by atoms with Gasteiger partial charge in [-0.05, 0) is 41.9 Å². The number of carbonyl (C=O) groups is 2. The number of esters is 1. The second-order valence-corrected chi connectivity index (χ2v) is 7.10. The number of hydrogen-bond donors (Lipinski definition) is 0. The number of aryl methyl sites for hydroxylation is 1. The third-order valence-corrected chi connectivity index (χ3v) is 5.05. The Kier molecular flexibility index (Phi) is 7.33. The van der Waals surface area contributed by atoms with E-state index in [9.17, 15) is 14.9 Å². The maximum atomic E-state index is 12.3. The van der Waals surface area contributed by atoms with Crippen molar-refractivity contribution in [2.75, 3.05) is 20.3 Å². The van der Waals surface area contributed by atoms with Gasteiger partial charge in [-0.25, -0.2) is 9.78 Å². The minimum absolute atomic E-state index is 0.192. The number of thiazole rings is 1. The zero-order chi connectivity index (χ0) is 20.0. The molecule has 0 bridgehead atoms. The highest BCUT2D eigenvalue weighted by Gasteiger charge is 2.25. The highest BCUT2D eigenvalue weighted by Crippen LogP contribution is 2.36. The van der Waals surface area contributed by atoms with Crippen molar-refractivity contribution in [1.29, 1.82) is 5.26 Å². The van der Waals surface area contributed by atoms with Gasteiger partial charge >= 0.3 is 5.97 Å². The van der Waals surface area contributed by atoms with E-state index in [1.165, 1.54) is 30.6 Å². The van der Waals surface area contributed by atoms with E-state index in [1.807, 2.05) is 6.07 Å². The summed E-state index contributed by atoms with van der Waals surface area (Å²) >= 11 is 4.54. The summed E-state index contributed by atoms with van der Waals surface area (Å²) in [7, 11) is 1.49. The number of carbonyl (C=O) groups excluding carboxylic acids is 2. The summed E-state index contributed by atoms with van der Waals surface area (Å²) in [5, 5.41) is 11.4. The number of aromatic nitrogens is 1. The lowest BCUT2D eigenvalue weighted by Crippen LogP contribution is -2.20. The molecule has 0 spiro atoms. The quantitative estimate of drug-likeness (QED) is 0.563. The fourth-order valence-corrected chi connectivity index (χ4v) is 3.68. The first-order chi connectivity index (χ1) is 12.9. The Morgan fingerprint density at radius 2 is 2.15 bits per heavy atom. The van der Waals surface area contributed by atoms with Crippen molar-refractivity contribution in [2.24, 2.45) is 0 Å². The Bertz CT molecular complexity index is 890. The average molecular weight is 453 g/mol. The third kappa shape index (κ3) is 5.05. The summed E-state index contributed by atoms with van der Waals surface area (Å²) in [5.74, 6) is -1.47. The SMILES string of the molecule is CCOc1cc(C(=O)OCC(=O)[C@H](C#N)c2nc(C)cs2)cc(Br)c1OC. The largest absolute Gasteiger partial charge is 0.492 e. The van der Waals surface area contributed by atoms with E-state index >= 15 is 0 Å². The summed E-state index contributed by atoms with van der Waals surface area (Å²) in [6, 6.07) is 4.90. The van der Waals surface area contributed by atoms with Crippen molar-refractivity contribution in [3.8, 4) is 17.6 Å². The molecule has 2 aromatic rings. The maximum absolute atomic E-state index is 12.3. The smallest absolute Gasteiger partial charge is 0.338 e. The number of methoxy groups -OCH3 is 1. The van der Waals surface area contributed by atoms with E-state index in [4.69, 9.17) is 14.2 Å². The van der Waals surface area contributed by atoms with E-state index in [0.717, 1.165) is 5.69 Å². The molecule has 0 fully saturated rings. The van der Waals surface area contributed by atoms with Gasteiger partial charge in [-0.1, -0.05) is 0 Å². The lowest BCUT2D eigenvalue weighted by atomic mass is 10.1. The Balaban J connectivity index is 2.11. The fraction of sp³-hybridized carbons (Fsp3) is 0.333. The Labute approximate surface area is 169 Å². The van der Waals surface area contributed by atoms with Gasteiger partial charge in [0.1, 0.15) is 5.01 Å². The van der Waals surface area contributed by atoms with Crippen molar-refractivity contribution in [1.82, 2.24) is 4.98 Å². The van der Waals surface area contributed by atoms with Crippen LogP contribution < -0.4 is 9.47 Å². The standard InChI is InChI=1S/C18H17BrN2O5S/c1-4-25-15-6-11(5-13(19)16(15)24-3)18(23)26-8-14(22)12(7-20)17-21-10(2)9-27-17/h5-6,9,12H,4,8H2,1-3H3/t12-/m0/s1. The second kappa shape index (κ2) is 9.48. The van der Waals surface area contributed by atoms with Gasteiger partial charge in [0.05, 0.1) is 29.8 Å². The second-order valence-electron chi connectivity index (χ2n) is 5.35. The van der Waals surface area contributed by atoms with E-state index in [-0.39, 0.29) is 5.56 Å². The molecule has 1 aromatic carbocycles. The molecule has 0 aliphatic rings. The molecule has 1 heterocycles. The number of ether oxygens (including phenoxy) is 3. The number of ketones is 1. The number of rotatable bonds is 8. The molecule has 1 atom stereocenters. The van der Waals surface area contributed by atoms with Crippen LogP contribution in [0.4, 0.5) is 0 Å². The van der Waals surface area contributed by atoms with Crippen LogP contribution in [-0.4, -0.2) is 37.1 Å². The molecule has 27 heavy (non-hydrogen) atoms. The first kappa shape index (κ1) is 20.9. The summed E-state index contributed by atoms with van der Waals surface area (Å²) in [4.78, 5) is 28.7. The van der Waals surface area contributed by atoms with E-state index in [0.29, 0.717) is 27.6 Å². The zero-order valence-electron chi connectivity index (χ0n) is 14.9. The van der Waals surface area contributed by atoms with Gasteiger partial charge in [-0.2, -0.15) is 5.26 Å². The predicted molar refractivity (Wildman–Crippen MR) is 102 cm³/mol. The van der Waals surface area contributed by atoms with Crippen LogP contribution in [0.2, 0.25) is 0 Å². The Morgan fingerprint density at radius 3 is 2.70 bits per heavy atom. The normalized spacial score (nSPS) is 11.4. The lowest BCUT2D eigenvalue weighted by molar-refractivity contribution is -0.122. The molecule has 1 aromatic heterocycles. The molecule has 0 N–H and O–H groups in total. The number of nitriles is 1. The minimum atomic E-state index is -1.06. The number of nitrogens with zero attached hydrogens (tertiary/aromatic N) is 2. The predicted octanol–water partition coefficient (Wildman–Crippen LogP) is 3.65. The molecule has 9 heteroatoms. The topological polar surface area (TPSA) is 98.5 Å². The number of benzene rings is 1. The van der Waals surface area contributed by atoms with Crippen LogP contribution in [0.15, 0.2) is 22.0 Å². The van der Waals surface area contributed by atoms with Crippen molar-refractivity contribution < 1.29 is 23.8 Å². The van der Waals surface area contributed by atoms with Crippen LogP contribution in [0, 0.1) is 18.3 Å². The van der Waals surface area contributed by atoms with Gasteiger partial charge in [-0.15, -0.1) is 11.3 Å². The van der Waals surface area contributed by atoms with Crippen LogP contribution in [0.1, 0.15) is 33.9 Å². The maximum Gasteiger partial charge on any atom is 0.338 e. The van der Waals surface area contributed by atoms with Gasteiger partial charge in [0.15, 0.2) is 29.8 Å². The molecule has 0 radical (unpaired) electrons. The van der Waals surface area contributed by atoms with Crippen LogP contribution in [0.3, 0.4) is 0 Å². The van der Waals surface area contributed by atoms with Gasteiger partial charge in [0.25, 0.3) is 0 Å². The van der Waals surface area contributed by atoms with Crippen molar-refractivity contribution in [3.63, 3.8) is 0 Å². The summed E-state index contributed by atoms with van der Waals surface area (Å²) in [5.41, 5.74) is 0.920. The zero-order valence-corrected chi connectivity index (χ0v) is 17.3. The van der Waals surface area contributed by atoms with Gasteiger partial charge < -0.3 is 14.2 Å². The summed E-state index contributed by atoms with van der Waals surface area (Å²) in [6.45, 7) is 3.44. The van der Waals surface area contributed by atoms with Gasteiger partial charge in [0.2, 0.25) is 0 Å². The van der Waals surface area contributed by atoms with Crippen molar-refractivity contribution in [3.05, 3.63) is 38.3 Å². The monoisotopic (exact) mass is 452 g/mol. The fourth-order valence-electron chi connectivity index (χ4n) is 2.22. The van der Waals surface area contributed by atoms with Crippen molar-refractivity contribution >= 4 is 39.0 Å².